The summed E-state index contributed by atoms with van der Waals surface area (Å²) in [6.07, 6.45) is 2.81. The highest BCUT2D eigenvalue weighted by molar-refractivity contribution is 5.99. The summed E-state index contributed by atoms with van der Waals surface area (Å²) in [4.78, 5) is 33.6. The number of carbonyl (C=O) groups excluding carboxylic acids is 2. The molecule has 1 atom stereocenters. The lowest BCUT2D eigenvalue weighted by molar-refractivity contribution is -0.117. The SMILES string of the molecule is O=C(c1cnc2ccccc2c1)N1CC[C@@]2(CC(=O)N(c3ccc(F)cc3)C2)C1. The Morgan fingerprint density at radius 3 is 2.69 bits per heavy atom. The van der Waals surface area contributed by atoms with Crippen LogP contribution in [0.15, 0.2) is 60.8 Å². The minimum atomic E-state index is -0.322. The molecule has 2 amide bonds. The Balaban J connectivity index is 1.34. The number of hydrogen-bond acceptors (Lipinski definition) is 3. The molecule has 146 valence electrons. The van der Waals surface area contributed by atoms with E-state index < -0.39 is 0 Å². The van der Waals surface area contributed by atoms with Crippen LogP contribution >= 0.6 is 0 Å². The molecule has 0 radical (unpaired) electrons. The van der Waals surface area contributed by atoms with Gasteiger partial charge in [0.1, 0.15) is 5.82 Å². The molecule has 6 heteroatoms. The summed E-state index contributed by atoms with van der Waals surface area (Å²) in [6.45, 7) is 1.72. The average Bonchev–Trinajstić information content (AvgIpc) is 3.30. The zero-order valence-corrected chi connectivity index (χ0v) is 15.8. The van der Waals surface area contributed by atoms with E-state index in [1.54, 1.807) is 23.2 Å². The summed E-state index contributed by atoms with van der Waals surface area (Å²) >= 11 is 0. The van der Waals surface area contributed by atoms with Crippen molar-refractivity contribution in [1.82, 2.24) is 9.88 Å². The highest BCUT2D eigenvalue weighted by atomic mass is 19.1. The van der Waals surface area contributed by atoms with Gasteiger partial charge >= 0.3 is 0 Å². The van der Waals surface area contributed by atoms with E-state index in [4.69, 9.17) is 0 Å². The van der Waals surface area contributed by atoms with Gasteiger partial charge in [-0.1, -0.05) is 18.2 Å². The van der Waals surface area contributed by atoms with E-state index in [9.17, 15) is 14.0 Å². The molecule has 2 saturated heterocycles. The number of benzene rings is 2. The largest absolute Gasteiger partial charge is 0.338 e. The highest BCUT2D eigenvalue weighted by Gasteiger charge is 2.48. The second-order valence-corrected chi connectivity index (χ2v) is 8.03. The van der Waals surface area contributed by atoms with Crippen molar-refractivity contribution in [3.05, 3.63) is 72.2 Å². The maximum Gasteiger partial charge on any atom is 0.255 e. The van der Waals surface area contributed by atoms with Gasteiger partial charge in [-0.25, -0.2) is 4.39 Å². The number of pyridine rings is 1. The van der Waals surface area contributed by atoms with Crippen molar-refractivity contribution >= 4 is 28.4 Å². The van der Waals surface area contributed by atoms with Crippen LogP contribution in [0.5, 0.6) is 0 Å². The molecular formula is C23H20FN3O2. The van der Waals surface area contributed by atoms with Gasteiger partial charge in [-0.3, -0.25) is 14.6 Å². The molecule has 3 aromatic rings. The third-order valence-corrected chi connectivity index (χ3v) is 6.02. The third kappa shape index (κ3) is 3.14. The number of para-hydroxylation sites is 1. The number of halogens is 1. The van der Waals surface area contributed by atoms with Gasteiger partial charge in [0.2, 0.25) is 5.91 Å². The first kappa shape index (κ1) is 17.8. The summed E-state index contributed by atoms with van der Waals surface area (Å²) < 4.78 is 13.2. The molecule has 3 heterocycles. The smallest absolute Gasteiger partial charge is 0.255 e. The van der Waals surface area contributed by atoms with Gasteiger partial charge < -0.3 is 9.80 Å². The van der Waals surface area contributed by atoms with E-state index in [0.717, 1.165) is 17.3 Å². The van der Waals surface area contributed by atoms with Crippen molar-refractivity contribution in [2.45, 2.75) is 12.8 Å². The Kier molecular flexibility index (Phi) is 4.08. The van der Waals surface area contributed by atoms with E-state index in [0.29, 0.717) is 37.3 Å². The standard InChI is InChI=1S/C23H20FN3O2/c24-18-5-7-19(8-6-18)27-15-23(12-21(27)28)9-10-26(14-23)22(29)17-11-16-3-1-2-4-20(16)25-13-17/h1-8,11,13H,9-10,12,14-15H2/t23-/m1/s1. The van der Waals surface area contributed by atoms with E-state index in [2.05, 4.69) is 4.98 Å². The first-order valence-electron chi connectivity index (χ1n) is 9.73. The Morgan fingerprint density at radius 1 is 1.07 bits per heavy atom. The number of anilines is 1. The number of aromatic nitrogens is 1. The molecule has 29 heavy (non-hydrogen) atoms. The Bertz CT molecular complexity index is 1110. The van der Waals surface area contributed by atoms with Crippen LogP contribution in [0, 0.1) is 11.2 Å². The van der Waals surface area contributed by atoms with Crippen molar-refractivity contribution in [3.8, 4) is 0 Å². The van der Waals surface area contributed by atoms with Crippen LogP contribution in [0.3, 0.4) is 0 Å². The van der Waals surface area contributed by atoms with Gasteiger partial charge in [0.15, 0.2) is 0 Å². The number of nitrogens with zero attached hydrogens (tertiary/aromatic N) is 3. The molecule has 1 spiro atoms. The van der Waals surface area contributed by atoms with Crippen molar-refractivity contribution < 1.29 is 14.0 Å². The van der Waals surface area contributed by atoms with Gasteiger partial charge in [-0.05, 0) is 42.8 Å². The second kappa shape index (κ2) is 6.65. The monoisotopic (exact) mass is 389 g/mol. The van der Waals surface area contributed by atoms with E-state index in [-0.39, 0.29) is 23.0 Å². The van der Waals surface area contributed by atoms with Crippen LogP contribution in [0.4, 0.5) is 10.1 Å². The maximum atomic E-state index is 13.2. The number of hydrogen-bond donors (Lipinski definition) is 0. The Hall–Kier alpha value is -3.28. The van der Waals surface area contributed by atoms with Crippen LogP contribution < -0.4 is 4.90 Å². The van der Waals surface area contributed by atoms with Crippen molar-refractivity contribution in [1.29, 1.82) is 0 Å². The lowest BCUT2D eigenvalue weighted by Gasteiger charge is -2.24. The molecule has 1 aromatic heterocycles. The van der Waals surface area contributed by atoms with Gasteiger partial charge in [0.05, 0.1) is 11.1 Å². The fourth-order valence-electron chi connectivity index (χ4n) is 4.50. The zero-order valence-electron chi connectivity index (χ0n) is 15.8. The minimum absolute atomic E-state index is 0.0262. The highest BCUT2D eigenvalue weighted by Crippen LogP contribution is 2.42. The second-order valence-electron chi connectivity index (χ2n) is 8.03. The molecule has 0 saturated carbocycles. The molecule has 5 rings (SSSR count). The summed E-state index contributed by atoms with van der Waals surface area (Å²) in [6, 6.07) is 15.6. The van der Waals surface area contributed by atoms with Crippen LogP contribution in [0.25, 0.3) is 10.9 Å². The average molecular weight is 389 g/mol. The number of rotatable bonds is 2. The van der Waals surface area contributed by atoms with Crippen LogP contribution in [-0.2, 0) is 4.79 Å². The summed E-state index contributed by atoms with van der Waals surface area (Å²) in [5, 5.41) is 0.936. The summed E-state index contributed by atoms with van der Waals surface area (Å²) in [5.41, 5.74) is 1.89. The lowest BCUT2D eigenvalue weighted by atomic mass is 9.86. The zero-order chi connectivity index (χ0) is 20.0. The first-order valence-corrected chi connectivity index (χ1v) is 9.73. The topological polar surface area (TPSA) is 53.5 Å². The van der Waals surface area contributed by atoms with Crippen molar-refractivity contribution in [2.24, 2.45) is 5.41 Å². The van der Waals surface area contributed by atoms with Crippen LogP contribution in [0.2, 0.25) is 0 Å². The third-order valence-electron chi connectivity index (χ3n) is 6.02. The molecule has 2 fully saturated rings. The first-order chi connectivity index (χ1) is 14.0. The Labute approximate surface area is 167 Å². The molecule has 2 aliphatic heterocycles. The number of amides is 2. The van der Waals surface area contributed by atoms with E-state index >= 15 is 0 Å². The summed E-state index contributed by atoms with van der Waals surface area (Å²) in [7, 11) is 0. The number of likely N-dealkylation sites (tertiary alicyclic amines) is 1. The minimum Gasteiger partial charge on any atom is -0.338 e. The van der Waals surface area contributed by atoms with Gasteiger partial charge in [-0.2, -0.15) is 0 Å². The lowest BCUT2D eigenvalue weighted by Crippen LogP contribution is -2.34. The van der Waals surface area contributed by atoms with Crippen molar-refractivity contribution in [3.63, 3.8) is 0 Å². The van der Waals surface area contributed by atoms with E-state index in [1.807, 2.05) is 35.2 Å². The van der Waals surface area contributed by atoms with Crippen LogP contribution in [0.1, 0.15) is 23.2 Å². The van der Waals surface area contributed by atoms with E-state index in [1.165, 1.54) is 12.1 Å². The maximum absolute atomic E-state index is 13.2. The normalized spacial score (nSPS) is 21.5. The molecule has 2 aromatic carbocycles. The number of carbonyl (C=O) groups is 2. The van der Waals surface area contributed by atoms with Gasteiger partial charge in [0, 0.05) is 48.7 Å². The number of fused-ring (bicyclic) bond motifs is 1. The fraction of sp³-hybridized carbons (Fsp3) is 0.261. The summed E-state index contributed by atoms with van der Waals surface area (Å²) in [5.74, 6) is -0.345. The van der Waals surface area contributed by atoms with Gasteiger partial charge in [0.25, 0.3) is 5.91 Å². The van der Waals surface area contributed by atoms with Crippen molar-refractivity contribution in [2.75, 3.05) is 24.5 Å². The Morgan fingerprint density at radius 2 is 1.86 bits per heavy atom. The molecule has 0 unspecified atom stereocenters. The fourth-order valence-corrected chi connectivity index (χ4v) is 4.50. The quantitative estimate of drug-likeness (QED) is 0.672. The molecule has 5 nitrogen and oxygen atoms in total. The predicted molar refractivity (Wildman–Crippen MR) is 108 cm³/mol. The molecule has 2 aliphatic rings. The van der Waals surface area contributed by atoms with Crippen LogP contribution in [-0.4, -0.2) is 41.3 Å². The van der Waals surface area contributed by atoms with Gasteiger partial charge in [-0.15, -0.1) is 0 Å². The molecule has 0 aliphatic carbocycles. The molecular weight excluding hydrogens is 369 g/mol. The molecule has 0 N–H and O–H groups in total. The molecule has 0 bridgehead atoms. The predicted octanol–water partition coefficient (Wildman–Crippen LogP) is 3.64.